The van der Waals surface area contributed by atoms with E-state index in [-0.39, 0.29) is 0 Å². The summed E-state index contributed by atoms with van der Waals surface area (Å²) in [5.41, 5.74) is 2.24. The normalized spacial score (nSPS) is 15.6. The van der Waals surface area contributed by atoms with E-state index in [1.807, 2.05) is 24.0 Å². The van der Waals surface area contributed by atoms with Crippen LogP contribution in [-0.4, -0.2) is 32.8 Å². The van der Waals surface area contributed by atoms with E-state index in [9.17, 15) is 0 Å². The Hall–Kier alpha value is -1.43. The van der Waals surface area contributed by atoms with Gasteiger partial charge in [0.2, 0.25) is 0 Å². The molecule has 1 saturated heterocycles. The Morgan fingerprint density at radius 3 is 2.79 bits per heavy atom. The largest absolute Gasteiger partial charge is 0.355 e. The topological polar surface area (TPSA) is 46.8 Å². The molecule has 2 aromatic heterocycles. The lowest BCUT2D eigenvalue weighted by Crippen LogP contribution is -2.49. The minimum Gasteiger partial charge on any atom is -0.355 e. The molecule has 0 spiro atoms. The Labute approximate surface area is 120 Å². The van der Waals surface area contributed by atoms with E-state index in [0.717, 1.165) is 35.6 Å². The highest BCUT2D eigenvalue weighted by Gasteiger charge is 2.29. The molecule has 0 atom stereocenters. The van der Waals surface area contributed by atoms with Gasteiger partial charge in [-0.15, -0.1) is 0 Å². The highest BCUT2D eigenvalue weighted by Crippen LogP contribution is 2.27. The molecule has 6 heteroatoms. The van der Waals surface area contributed by atoms with Gasteiger partial charge in [0.1, 0.15) is 12.1 Å². The number of aromatic nitrogens is 4. The van der Waals surface area contributed by atoms with Crippen molar-refractivity contribution < 1.29 is 0 Å². The predicted octanol–water partition coefficient (Wildman–Crippen LogP) is 2.19. The highest BCUT2D eigenvalue weighted by molar-refractivity contribution is 9.10. The van der Waals surface area contributed by atoms with E-state index >= 15 is 0 Å². The Kier molecular flexibility index (Phi) is 3.26. The number of hydrogen-bond donors (Lipinski definition) is 0. The average Bonchev–Trinajstić information content (AvgIpc) is 2.73. The summed E-state index contributed by atoms with van der Waals surface area (Å²) in [4.78, 5) is 10.9. The molecular formula is C13H16BrN5. The van der Waals surface area contributed by atoms with Crippen LogP contribution in [0.4, 0.5) is 5.82 Å². The van der Waals surface area contributed by atoms with E-state index in [2.05, 4.69) is 42.8 Å². The molecule has 0 N–H and O–H groups in total. The fraction of sp³-hybridized carbons (Fsp3) is 0.462. The average molecular weight is 322 g/mol. The smallest absolute Gasteiger partial charge is 0.135 e. The second-order valence-corrected chi connectivity index (χ2v) is 5.97. The summed E-state index contributed by atoms with van der Waals surface area (Å²) < 4.78 is 3.02. The van der Waals surface area contributed by atoms with E-state index < -0.39 is 0 Å². The van der Waals surface area contributed by atoms with Gasteiger partial charge in [-0.25, -0.2) is 9.97 Å². The Balaban J connectivity index is 1.62. The molecule has 2 aromatic rings. The van der Waals surface area contributed by atoms with Gasteiger partial charge in [-0.1, -0.05) is 0 Å². The number of nitrogens with zero attached hydrogens (tertiary/aromatic N) is 5. The van der Waals surface area contributed by atoms with Gasteiger partial charge in [-0.05, 0) is 29.8 Å². The molecule has 100 valence electrons. The van der Waals surface area contributed by atoms with E-state index in [1.165, 1.54) is 5.56 Å². The molecule has 0 amide bonds. The van der Waals surface area contributed by atoms with Gasteiger partial charge in [0, 0.05) is 43.0 Å². The third kappa shape index (κ3) is 2.49. The van der Waals surface area contributed by atoms with Crippen LogP contribution in [0.2, 0.25) is 0 Å². The molecule has 0 radical (unpaired) electrons. The van der Waals surface area contributed by atoms with Crippen LogP contribution in [0.25, 0.3) is 0 Å². The van der Waals surface area contributed by atoms with Gasteiger partial charge in [0.05, 0.1) is 10.7 Å². The third-order valence-corrected chi connectivity index (χ3v) is 4.02. The predicted molar refractivity (Wildman–Crippen MR) is 77.1 cm³/mol. The zero-order valence-corrected chi connectivity index (χ0v) is 12.6. The first-order valence-electron chi connectivity index (χ1n) is 6.34. The monoisotopic (exact) mass is 321 g/mol. The standard InChI is InChI=1S/C13H16BrN5/c1-9-10(2)15-8-16-13(9)18-4-11(5-18)6-19-7-12(14)3-17-19/h3,7-8,11H,4-6H2,1-2H3. The summed E-state index contributed by atoms with van der Waals surface area (Å²) in [7, 11) is 0. The van der Waals surface area contributed by atoms with Crippen LogP contribution in [0, 0.1) is 19.8 Å². The second-order valence-electron chi connectivity index (χ2n) is 5.06. The van der Waals surface area contributed by atoms with Crippen molar-refractivity contribution in [2.45, 2.75) is 20.4 Å². The zero-order chi connectivity index (χ0) is 13.4. The SMILES string of the molecule is Cc1ncnc(N2CC(Cn3cc(Br)cn3)C2)c1C. The first-order chi connectivity index (χ1) is 9.13. The molecule has 3 heterocycles. The molecule has 1 aliphatic rings. The number of anilines is 1. The Morgan fingerprint density at radius 2 is 2.11 bits per heavy atom. The molecule has 19 heavy (non-hydrogen) atoms. The van der Waals surface area contributed by atoms with Crippen molar-refractivity contribution in [3.05, 3.63) is 34.5 Å². The molecule has 0 aliphatic carbocycles. The number of rotatable bonds is 3. The second kappa shape index (κ2) is 4.92. The summed E-state index contributed by atoms with van der Waals surface area (Å²) >= 11 is 3.42. The molecular weight excluding hydrogens is 306 g/mol. The summed E-state index contributed by atoms with van der Waals surface area (Å²) in [6, 6.07) is 0. The summed E-state index contributed by atoms with van der Waals surface area (Å²) in [6.45, 7) is 7.15. The van der Waals surface area contributed by atoms with Gasteiger partial charge in [-0.2, -0.15) is 5.10 Å². The van der Waals surface area contributed by atoms with Crippen molar-refractivity contribution in [2.24, 2.45) is 5.92 Å². The molecule has 3 rings (SSSR count). The maximum absolute atomic E-state index is 4.39. The summed E-state index contributed by atoms with van der Waals surface area (Å²) in [5, 5.41) is 4.29. The summed E-state index contributed by atoms with van der Waals surface area (Å²) in [6.07, 6.45) is 5.49. The first kappa shape index (κ1) is 12.6. The first-order valence-corrected chi connectivity index (χ1v) is 7.14. The lowest BCUT2D eigenvalue weighted by Gasteiger charge is -2.40. The van der Waals surface area contributed by atoms with Gasteiger partial charge in [-0.3, -0.25) is 4.68 Å². The van der Waals surface area contributed by atoms with Crippen molar-refractivity contribution in [3.8, 4) is 0 Å². The van der Waals surface area contributed by atoms with Gasteiger partial charge in [0.15, 0.2) is 0 Å². The molecule has 0 aromatic carbocycles. The van der Waals surface area contributed by atoms with Crippen LogP contribution in [-0.2, 0) is 6.54 Å². The number of hydrogen-bond acceptors (Lipinski definition) is 4. The molecule has 5 nitrogen and oxygen atoms in total. The van der Waals surface area contributed by atoms with Gasteiger partial charge in [0.25, 0.3) is 0 Å². The van der Waals surface area contributed by atoms with E-state index in [0.29, 0.717) is 5.92 Å². The zero-order valence-electron chi connectivity index (χ0n) is 11.0. The van der Waals surface area contributed by atoms with Gasteiger partial charge < -0.3 is 4.90 Å². The lowest BCUT2D eigenvalue weighted by atomic mass is 9.99. The maximum Gasteiger partial charge on any atom is 0.135 e. The highest BCUT2D eigenvalue weighted by atomic mass is 79.9. The van der Waals surface area contributed by atoms with Crippen LogP contribution in [0.3, 0.4) is 0 Å². The van der Waals surface area contributed by atoms with Crippen LogP contribution in [0.5, 0.6) is 0 Å². The Bertz CT molecular complexity index is 588. The number of aryl methyl sites for hydroxylation is 1. The Morgan fingerprint density at radius 1 is 1.32 bits per heavy atom. The van der Waals surface area contributed by atoms with E-state index in [4.69, 9.17) is 0 Å². The van der Waals surface area contributed by atoms with Crippen LogP contribution < -0.4 is 4.90 Å². The van der Waals surface area contributed by atoms with Crippen molar-refractivity contribution in [1.82, 2.24) is 19.7 Å². The van der Waals surface area contributed by atoms with Crippen molar-refractivity contribution >= 4 is 21.7 Å². The van der Waals surface area contributed by atoms with Crippen LogP contribution in [0.15, 0.2) is 23.2 Å². The molecule has 1 aliphatic heterocycles. The van der Waals surface area contributed by atoms with Crippen LogP contribution >= 0.6 is 15.9 Å². The van der Waals surface area contributed by atoms with E-state index in [1.54, 1.807) is 6.33 Å². The molecule has 0 saturated carbocycles. The quantitative estimate of drug-likeness (QED) is 0.869. The minimum atomic E-state index is 0.640. The van der Waals surface area contributed by atoms with Gasteiger partial charge >= 0.3 is 0 Å². The van der Waals surface area contributed by atoms with Crippen molar-refractivity contribution in [2.75, 3.05) is 18.0 Å². The van der Waals surface area contributed by atoms with Crippen molar-refractivity contribution in [3.63, 3.8) is 0 Å². The van der Waals surface area contributed by atoms with Crippen molar-refractivity contribution in [1.29, 1.82) is 0 Å². The fourth-order valence-corrected chi connectivity index (χ4v) is 2.73. The molecule has 0 bridgehead atoms. The minimum absolute atomic E-state index is 0.640. The maximum atomic E-state index is 4.39. The van der Waals surface area contributed by atoms with Crippen LogP contribution in [0.1, 0.15) is 11.3 Å². The third-order valence-electron chi connectivity index (χ3n) is 3.61. The molecule has 1 fully saturated rings. The fourth-order valence-electron chi connectivity index (χ4n) is 2.41. The lowest BCUT2D eigenvalue weighted by molar-refractivity contribution is 0.339. The number of halogens is 1. The molecule has 0 unspecified atom stereocenters. The summed E-state index contributed by atoms with van der Waals surface area (Å²) in [5.74, 6) is 1.71.